The normalized spacial score (nSPS) is 10.9. The Bertz CT molecular complexity index is 951. The number of nitrogens with one attached hydrogen (secondary N) is 1. The highest BCUT2D eigenvalue weighted by molar-refractivity contribution is 5.82. The van der Waals surface area contributed by atoms with E-state index in [4.69, 9.17) is 14.2 Å². The average molecular weight is 354 g/mol. The van der Waals surface area contributed by atoms with Crippen molar-refractivity contribution >= 4 is 6.21 Å². The maximum absolute atomic E-state index is 12.0. The largest absolute Gasteiger partial charge is 0.493 e. The number of hydrogen-bond donors (Lipinski definition) is 1. The van der Waals surface area contributed by atoms with Gasteiger partial charge in [0.25, 0.3) is 0 Å². The zero-order valence-corrected chi connectivity index (χ0v) is 14.6. The molecular formula is C18H18N4O4. The first-order valence-corrected chi connectivity index (χ1v) is 7.75. The summed E-state index contributed by atoms with van der Waals surface area (Å²) in [5, 5.41) is 10.7. The number of rotatable bonds is 6. The molecule has 0 bridgehead atoms. The van der Waals surface area contributed by atoms with Crippen LogP contribution in [0.4, 0.5) is 0 Å². The Hall–Kier alpha value is -3.55. The maximum Gasteiger partial charge on any atom is 0.364 e. The molecule has 0 saturated heterocycles. The lowest BCUT2D eigenvalue weighted by Gasteiger charge is -2.12. The Morgan fingerprint density at radius 3 is 2.27 bits per heavy atom. The van der Waals surface area contributed by atoms with Gasteiger partial charge in [0.05, 0.1) is 27.5 Å². The van der Waals surface area contributed by atoms with Crippen molar-refractivity contribution in [3.05, 3.63) is 58.5 Å². The summed E-state index contributed by atoms with van der Waals surface area (Å²) >= 11 is 0. The fraction of sp³-hybridized carbons (Fsp3) is 0.167. The minimum atomic E-state index is -0.437. The maximum atomic E-state index is 12.0. The van der Waals surface area contributed by atoms with Gasteiger partial charge in [-0.05, 0) is 12.1 Å². The minimum Gasteiger partial charge on any atom is -0.493 e. The van der Waals surface area contributed by atoms with Crippen LogP contribution in [0.25, 0.3) is 11.4 Å². The second-order valence-electron chi connectivity index (χ2n) is 5.23. The van der Waals surface area contributed by atoms with Crippen LogP contribution in [0.5, 0.6) is 17.2 Å². The second-order valence-corrected chi connectivity index (χ2v) is 5.23. The highest BCUT2D eigenvalue weighted by atomic mass is 16.5. The lowest BCUT2D eigenvalue weighted by molar-refractivity contribution is 0.324. The molecule has 0 aliphatic carbocycles. The summed E-state index contributed by atoms with van der Waals surface area (Å²) in [4.78, 5) is 12.0. The van der Waals surface area contributed by atoms with Crippen molar-refractivity contribution in [3.63, 3.8) is 0 Å². The van der Waals surface area contributed by atoms with Crippen LogP contribution in [0.3, 0.4) is 0 Å². The van der Waals surface area contributed by atoms with E-state index < -0.39 is 5.69 Å². The fourth-order valence-electron chi connectivity index (χ4n) is 2.47. The summed E-state index contributed by atoms with van der Waals surface area (Å²) in [6.45, 7) is 0. The van der Waals surface area contributed by atoms with E-state index in [-0.39, 0.29) is 0 Å². The molecule has 0 saturated carbocycles. The summed E-state index contributed by atoms with van der Waals surface area (Å²) in [5.74, 6) is 1.89. The van der Waals surface area contributed by atoms with Crippen LogP contribution in [0.2, 0.25) is 0 Å². The molecule has 2 aromatic carbocycles. The van der Waals surface area contributed by atoms with Crippen molar-refractivity contribution < 1.29 is 14.2 Å². The molecule has 3 aromatic rings. The van der Waals surface area contributed by atoms with Gasteiger partial charge in [0.2, 0.25) is 5.75 Å². The van der Waals surface area contributed by atoms with Gasteiger partial charge in [-0.25, -0.2) is 9.89 Å². The molecule has 0 atom stereocenters. The van der Waals surface area contributed by atoms with E-state index in [1.54, 1.807) is 12.1 Å². The van der Waals surface area contributed by atoms with Crippen molar-refractivity contribution in [2.45, 2.75) is 0 Å². The molecule has 8 heteroatoms. The van der Waals surface area contributed by atoms with E-state index in [1.807, 2.05) is 30.3 Å². The molecule has 0 unspecified atom stereocenters. The number of aromatic nitrogens is 3. The van der Waals surface area contributed by atoms with Gasteiger partial charge in [0.1, 0.15) is 0 Å². The zero-order chi connectivity index (χ0) is 18.5. The van der Waals surface area contributed by atoms with Crippen LogP contribution < -0.4 is 19.9 Å². The molecule has 1 aromatic heterocycles. The smallest absolute Gasteiger partial charge is 0.364 e. The van der Waals surface area contributed by atoms with Gasteiger partial charge in [0.15, 0.2) is 17.3 Å². The zero-order valence-electron chi connectivity index (χ0n) is 14.6. The SMILES string of the molecule is COc1cc(/C=N/n2c(-c3ccccc3)n[nH]c2=O)cc(OC)c1OC. The molecule has 0 spiro atoms. The second kappa shape index (κ2) is 7.56. The summed E-state index contributed by atoms with van der Waals surface area (Å²) in [6.07, 6.45) is 1.52. The molecule has 3 rings (SSSR count). The van der Waals surface area contributed by atoms with Gasteiger partial charge in [-0.15, -0.1) is 0 Å². The number of aromatic amines is 1. The highest BCUT2D eigenvalue weighted by Crippen LogP contribution is 2.37. The summed E-state index contributed by atoms with van der Waals surface area (Å²) < 4.78 is 17.1. The molecule has 0 aliphatic rings. The number of ether oxygens (including phenoxy) is 3. The molecule has 1 N–H and O–H groups in total. The summed E-state index contributed by atoms with van der Waals surface area (Å²) in [6, 6.07) is 12.8. The first-order valence-electron chi connectivity index (χ1n) is 7.75. The van der Waals surface area contributed by atoms with Crippen molar-refractivity contribution in [1.29, 1.82) is 0 Å². The van der Waals surface area contributed by atoms with Crippen LogP contribution in [0.1, 0.15) is 5.56 Å². The van der Waals surface area contributed by atoms with E-state index in [9.17, 15) is 4.79 Å². The minimum absolute atomic E-state index is 0.416. The monoisotopic (exact) mass is 354 g/mol. The number of methoxy groups -OCH3 is 3. The first-order chi connectivity index (χ1) is 12.7. The molecule has 26 heavy (non-hydrogen) atoms. The van der Waals surface area contributed by atoms with Crippen LogP contribution in [-0.4, -0.2) is 42.4 Å². The molecule has 8 nitrogen and oxygen atoms in total. The Morgan fingerprint density at radius 2 is 1.69 bits per heavy atom. The standard InChI is InChI=1S/C18H18N4O4/c1-24-14-9-12(10-15(25-2)16(14)26-3)11-19-22-17(20-21-18(22)23)13-7-5-4-6-8-13/h4-11H,1-3H3,(H,21,23)/b19-11+. The van der Waals surface area contributed by atoms with Crippen LogP contribution in [0.15, 0.2) is 52.4 Å². The van der Waals surface area contributed by atoms with E-state index >= 15 is 0 Å². The van der Waals surface area contributed by atoms with E-state index in [0.29, 0.717) is 28.6 Å². The van der Waals surface area contributed by atoms with Crippen LogP contribution in [-0.2, 0) is 0 Å². The quantitative estimate of drug-likeness (QED) is 0.685. The van der Waals surface area contributed by atoms with Crippen molar-refractivity contribution in [1.82, 2.24) is 14.9 Å². The van der Waals surface area contributed by atoms with Gasteiger partial charge in [0, 0.05) is 11.1 Å². The van der Waals surface area contributed by atoms with Gasteiger partial charge in [-0.1, -0.05) is 30.3 Å². The Kier molecular flexibility index (Phi) is 5.02. The summed E-state index contributed by atoms with van der Waals surface area (Å²) in [7, 11) is 4.60. The number of nitrogens with zero attached hydrogens (tertiary/aromatic N) is 3. The van der Waals surface area contributed by atoms with Gasteiger partial charge in [-0.2, -0.15) is 14.9 Å². The van der Waals surface area contributed by atoms with Gasteiger partial charge < -0.3 is 14.2 Å². The van der Waals surface area contributed by atoms with Gasteiger partial charge in [-0.3, -0.25) is 0 Å². The van der Waals surface area contributed by atoms with E-state index in [1.165, 1.54) is 32.2 Å². The Balaban J connectivity index is 2.02. The molecule has 0 aliphatic heterocycles. The molecule has 0 fully saturated rings. The molecule has 0 amide bonds. The van der Waals surface area contributed by atoms with Crippen molar-refractivity contribution in [2.24, 2.45) is 5.10 Å². The third-order valence-corrected chi connectivity index (χ3v) is 3.69. The predicted molar refractivity (Wildman–Crippen MR) is 97.4 cm³/mol. The summed E-state index contributed by atoms with van der Waals surface area (Å²) in [5.41, 5.74) is 1.01. The van der Waals surface area contributed by atoms with Crippen molar-refractivity contribution in [3.8, 4) is 28.6 Å². The molecule has 134 valence electrons. The average Bonchev–Trinajstić information content (AvgIpc) is 3.06. The highest BCUT2D eigenvalue weighted by Gasteiger charge is 2.13. The topological polar surface area (TPSA) is 90.7 Å². The molecule has 1 heterocycles. The lowest BCUT2D eigenvalue weighted by atomic mass is 10.2. The third kappa shape index (κ3) is 3.30. The van der Waals surface area contributed by atoms with E-state index in [0.717, 1.165) is 5.56 Å². The third-order valence-electron chi connectivity index (χ3n) is 3.69. The number of hydrogen-bond acceptors (Lipinski definition) is 6. The van der Waals surface area contributed by atoms with Crippen LogP contribution >= 0.6 is 0 Å². The van der Waals surface area contributed by atoms with Crippen LogP contribution in [0, 0.1) is 0 Å². The fourth-order valence-corrected chi connectivity index (χ4v) is 2.47. The Labute approximate surface area is 149 Å². The lowest BCUT2D eigenvalue weighted by Crippen LogP contribution is -2.13. The predicted octanol–water partition coefficient (Wildman–Crippen LogP) is 2.15. The number of benzene rings is 2. The first kappa shape index (κ1) is 17.3. The van der Waals surface area contributed by atoms with Crippen molar-refractivity contribution in [2.75, 3.05) is 21.3 Å². The Morgan fingerprint density at radius 1 is 1.04 bits per heavy atom. The molecular weight excluding hydrogens is 336 g/mol. The number of H-pyrrole nitrogens is 1. The van der Waals surface area contributed by atoms with Gasteiger partial charge >= 0.3 is 5.69 Å². The van der Waals surface area contributed by atoms with E-state index in [2.05, 4.69) is 15.3 Å². The molecule has 0 radical (unpaired) electrons.